The molecule has 2 aliphatic carbocycles. The van der Waals surface area contributed by atoms with Crippen molar-refractivity contribution in [2.45, 2.75) is 60.6 Å². The number of aromatic nitrogens is 1. The van der Waals surface area contributed by atoms with E-state index in [0.717, 1.165) is 12.1 Å². The van der Waals surface area contributed by atoms with Gasteiger partial charge in [-0.05, 0) is 44.7 Å². The van der Waals surface area contributed by atoms with Crippen LogP contribution in [-0.4, -0.2) is 43.3 Å². The molecule has 4 rings (SSSR count). The van der Waals surface area contributed by atoms with E-state index in [-0.39, 0.29) is 18.4 Å². The molecule has 12 heteroatoms. The van der Waals surface area contributed by atoms with Crippen LogP contribution in [0.4, 0.5) is 13.2 Å². The normalized spacial score (nSPS) is 23.9. The van der Waals surface area contributed by atoms with Crippen molar-refractivity contribution in [3.05, 3.63) is 34.8 Å². The number of ether oxygens (including phenoxy) is 1. The van der Waals surface area contributed by atoms with Crippen LogP contribution in [0.3, 0.4) is 0 Å². The van der Waals surface area contributed by atoms with Gasteiger partial charge in [-0.15, -0.1) is 11.3 Å². The maximum absolute atomic E-state index is 13.9. The average molecular weight is 514 g/mol. The van der Waals surface area contributed by atoms with Crippen LogP contribution in [0.25, 0.3) is 10.6 Å². The summed E-state index contributed by atoms with van der Waals surface area (Å²) >= 11 is 1.17. The number of halogens is 3. The highest BCUT2D eigenvalue weighted by Crippen LogP contribution is 2.43. The summed E-state index contributed by atoms with van der Waals surface area (Å²) in [5.41, 5.74) is -1.38. The van der Waals surface area contributed by atoms with Gasteiger partial charge in [0, 0.05) is 23.7 Å². The maximum atomic E-state index is 13.9. The Labute approximate surface area is 198 Å². The number of hydrogen-bond acceptors (Lipinski definition) is 7. The van der Waals surface area contributed by atoms with E-state index < -0.39 is 55.2 Å². The molecule has 34 heavy (non-hydrogen) atoms. The van der Waals surface area contributed by atoms with Gasteiger partial charge in [0.1, 0.15) is 10.5 Å². The van der Waals surface area contributed by atoms with Crippen LogP contribution in [0.1, 0.15) is 36.9 Å². The van der Waals surface area contributed by atoms with Crippen LogP contribution in [-0.2, 0) is 25.5 Å². The van der Waals surface area contributed by atoms with Gasteiger partial charge in [-0.1, -0.05) is 6.07 Å². The summed E-state index contributed by atoms with van der Waals surface area (Å²) in [6.07, 6.45) is -5.02. The number of carbonyl (C=O) groups is 1. The summed E-state index contributed by atoms with van der Waals surface area (Å²) in [5.74, 6) is -1.41. The Morgan fingerprint density at radius 1 is 1.32 bits per heavy atom. The molecule has 1 unspecified atom stereocenters. The van der Waals surface area contributed by atoms with E-state index in [2.05, 4.69) is 10.3 Å². The van der Waals surface area contributed by atoms with E-state index in [9.17, 15) is 31.6 Å². The lowest BCUT2D eigenvalue weighted by Gasteiger charge is -2.19. The minimum Gasteiger partial charge on any atom is -0.381 e. The van der Waals surface area contributed by atoms with Crippen molar-refractivity contribution in [3.63, 3.8) is 0 Å². The number of nitriles is 1. The van der Waals surface area contributed by atoms with E-state index >= 15 is 0 Å². The predicted molar refractivity (Wildman–Crippen MR) is 118 cm³/mol. The third-order valence-corrected chi connectivity index (χ3v) is 9.56. The van der Waals surface area contributed by atoms with Crippen LogP contribution in [0.15, 0.2) is 28.5 Å². The Morgan fingerprint density at radius 3 is 2.56 bits per heavy atom. The second-order valence-electron chi connectivity index (χ2n) is 8.70. The maximum Gasteiger partial charge on any atom is 0.417 e. The van der Waals surface area contributed by atoms with Gasteiger partial charge in [0.2, 0.25) is 5.91 Å². The second-order valence-corrected chi connectivity index (χ2v) is 11.8. The van der Waals surface area contributed by atoms with Crippen LogP contribution < -0.4 is 5.32 Å². The highest BCUT2D eigenvalue weighted by atomic mass is 32.2. The molecule has 2 aliphatic rings. The third kappa shape index (κ3) is 4.56. The number of aryl methyl sites for hydroxylation is 1. The summed E-state index contributed by atoms with van der Waals surface area (Å²) in [5, 5.41) is 12.7. The number of amides is 1. The zero-order valence-corrected chi connectivity index (χ0v) is 20.0. The Bertz CT molecular complexity index is 1260. The third-order valence-electron chi connectivity index (χ3n) is 6.32. The molecule has 2 aromatic rings. The van der Waals surface area contributed by atoms with Crippen LogP contribution in [0, 0.1) is 24.2 Å². The lowest BCUT2D eigenvalue weighted by Crippen LogP contribution is -2.42. The summed E-state index contributed by atoms with van der Waals surface area (Å²) in [4.78, 5) is 16.1. The van der Waals surface area contributed by atoms with Gasteiger partial charge in [-0.25, -0.2) is 13.4 Å². The molecule has 0 spiro atoms. The number of sulfone groups is 1. The average Bonchev–Trinajstić information content (AvgIpc) is 3.19. The lowest BCUT2D eigenvalue weighted by molar-refractivity contribution is -0.139. The first-order chi connectivity index (χ1) is 15.9. The van der Waals surface area contributed by atoms with Gasteiger partial charge >= 0.3 is 6.18 Å². The molecule has 0 aliphatic heterocycles. The largest absolute Gasteiger partial charge is 0.417 e. The Kier molecular flexibility index (Phi) is 6.25. The molecule has 1 heterocycles. The summed E-state index contributed by atoms with van der Waals surface area (Å²) < 4.78 is 73.9. The molecule has 0 radical (unpaired) electrons. The van der Waals surface area contributed by atoms with Crippen molar-refractivity contribution in [2.24, 2.45) is 5.92 Å². The molecule has 1 aromatic carbocycles. The number of benzene rings is 1. The molecular formula is C22H22F3N3O4S2. The van der Waals surface area contributed by atoms with Gasteiger partial charge in [-0.3, -0.25) is 4.79 Å². The lowest BCUT2D eigenvalue weighted by atomic mass is 10.0. The summed E-state index contributed by atoms with van der Waals surface area (Å²) in [7, 11) is -3.13. The Morgan fingerprint density at radius 2 is 2.03 bits per heavy atom. The van der Waals surface area contributed by atoms with E-state index in [0.29, 0.717) is 23.5 Å². The number of rotatable bonds is 6. The number of methoxy groups -OCH3 is 1. The zero-order chi connectivity index (χ0) is 24.9. The van der Waals surface area contributed by atoms with Gasteiger partial charge in [-0.2, -0.15) is 18.4 Å². The zero-order valence-electron chi connectivity index (χ0n) is 18.3. The monoisotopic (exact) mass is 513 g/mol. The van der Waals surface area contributed by atoms with Gasteiger partial charge in [0.25, 0.3) is 0 Å². The second kappa shape index (κ2) is 8.62. The van der Waals surface area contributed by atoms with Crippen molar-refractivity contribution >= 4 is 27.1 Å². The van der Waals surface area contributed by atoms with Crippen molar-refractivity contribution in [2.75, 3.05) is 7.11 Å². The molecule has 0 bridgehead atoms. The van der Waals surface area contributed by atoms with Gasteiger partial charge < -0.3 is 10.1 Å². The van der Waals surface area contributed by atoms with Crippen molar-refractivity contribution < 1.29 is 31.1 Å². The van der Waals surface area contributed by atoms with E-state index in [1.54, 1.807) is 12.3 Å². The fourth-order valence-corrected chi connectivity index (χ4v) is 7.06. The fourth-order valence-electron chi connectivity index (χ4n) is 4.26. The van der Waals surface area contributed by atoms with Crippen molar-refractivity contribution in [1.29, 1.82) is 5.26 Å². The number of thiazole rings is 1. The molecule has 3 atom stereocenters. The van der Waals surface area contributed by atoms with Crippen molar-refractivity contribution in [3.8, 4) is 16.6 Å². The summed E-state index contributed by atoms with van der Waals surface area (Å²) in [6, 6.07) is 5.12. The fraction of sp³-hybridized carbons (Fsp3) is 0.500. The molecule has 2 saturated carbocycles. The minimum absolute atomic E-state index is 0.124. The van der Waals surface area contributed by atoms with Gasteiger partial charge in [0.15, 0.2) is 9.84 Å². The molecule has 1 N–H and O–H groups in total. The summed E-state index contributed by atoms with van der Waals surface area (Å²) in [6.45, 7) is 1.71. The van der Waals surface area contributed by atoms with E-state index in [1.165, 1.54) is 24.5 Å². The molecule has 0 saturated heterocycles. The number of carbonyl (C=O) groups excluding carboxylic acids is 1. The first-order valence-corrected chi connectivity index (χ1v) is 13.0. The first kappa shape index (κ1) is 24.6. The number of hydrogen-bond donors (Lipinski definition) is 1. The number of alkyl halides is 3. The highest BCUT2D eigenvalue weighted by Gasteiger charge is 2.51. The molecule has 1 aromatic heterocycles. The van der Waals surface area contributed by atoms with Crippen LogP contribution in [0.5, 0.6) is 0 Å². The number of nitrogens with zero attached hydrogens (tertiary/aromatic N) is 2. The molecule has 1 amide bonds. The van der Waals surface area contributed by atoms with E-state index in [4.69, 9.17) is 4.74 Å². The standard InChI is InChI=1S/C22H22F3N3O4S2/c1-12-10-33-20(27-12)13-3-4-18(16(7-13)22(23,24)25)34(30,31)14-8-15(17(9-14)32-2)19(29)28-21(11-26)5-6-21/h3-4,7,10,14-15,17H,5-6,8-9H2,1-2H3,(H,28,29)/t14?,15-,17-/m1/s1. The highest BCUT2D eigenvalue weighted by molar-refractivity contribution is 7.92. The quantitative estimate of drug-likeness (QED) is 0.628. The molecule has 2 fully saturated rings. The van der Waals surface area contributed by atoms with Crippen LogP contribution >= 0.6 is 11.3 Å². The SMILES string of the molecule is CO[C@@H]1CC(S(=O)(=O)c2ccc(-c3nc(C)cs3)cc2C(F)(F)F)C[C@H]1C(=O)NC1(C#N)CC1. The van der Waals surface area contributed by atoms with Crippen molar-refractivity contribution in [1.82, 2.24) is 10.3 Å². The molecule has 182 valence electrons. The predicted octanol–water partition coefficient (Wildman–Crippen LogP) is 3.88. The minimum atomic E-state index is -4.91. The van der Waals surface area contributed by atoms with E-state index in [1.807, 2.05) is 6.07 Å². The molecular weight excluding hydrogens is 491 g/mol. The smallest absolute Gasteiger partial charge is 0.381 e. The van der Waals surface area contributed by atoms with Gasteiger partial charge in [0.05, 0.1) is 33.8 Å². The topological polar surface area (TPSA) is 109 Å². The number of nitrogens with one attached hydrogen (secondary N) is 1. The first-order valence-electron chi connectivity index (χ1n) is 10.5. The van der Waals surface area contributed by atoms with Crippen LogP contribution in [0.2, 0.25) is 0 Å². The Balaban J connectivity index is 1.66. The molecule has 7 nitrogen and oxygen atoms in total. The Hall–Kier alpha value is -2.49.